The zero-order valence-electron chi connectivity index (χ0n) is 9.37. The summed E-state index contributed by atoms with van der Waals surface area (Å²) in [5, 5.41) is 13.1. The lowest BCUT2D eigenvalue weighted by atomic mass is 10.1. The van der Waals surface area contributed by atoms with Crippen LogP contribution in [0.3, 0.4) is 0 Å². The van der Waals surface area contributed by atoms with Crippen molar-refractivity contribution in [2.24, 2.45) is 5.73 Å². The standard InChI is InChI=1S/C9H17N3O4/c1-9(2,7(10)15)12-8(16)11-5-3-4-6(13)14/h3-5H2,1-2H3,(H2,10,15)(H,13,14)(H2,11,12,16). The minimum Gasteiger partial charge on any atom is -0.481 e. The zero-order chi connectivity index (χ0) is 12.8. The minimum absolute atomic E-state index is 0.0144. The van der Waals surface area contributed by atoms with Gasteiger partial charge in [-0.3, -0.25) is 9.59 Å². The van der Waals surface area contributed by atoms with Gasteiger partial charge in [-0.25, -0.2) is 4.79 Å². The first-order valence-corrected chi connectivity index (χ1v) is 4.83. The molecule has 92 valence electrons. The lowest BCUT2D eigenvalue weighted by Gasteiger charge is -2.22. The summed E-state index contributed by atoms with van der Waals surface area (Å²) in [5.74, 6) is -1.56. The molecule has 0 aliphatic heterocycles. The van der Waals surface area contributed by atoms with Gasteiger partial charge in [0.1, 0.15) is 5.54 Å². The number of nitrogens with two attached hydrogens (primary N) is 1. The molecule has 0 fully saturated rings. The molecule has 0 aromatic carbocycles. The van der Waals surface area contributed by atoms with Crippen LogP contribution in [0.25, 0.3) is 0 Å². The highest BCUT2D eigenvalue weighted by Crippen LogP contribution is 1.99. The maximum atomic E-state index is 11.2. The van der Waals surface area contributed by atoms with Crippen LogP contribution in [0.15, 0.2) is 0 Å². The number of nitrogens with one attached hydrogen (secondary N) is 2. The van der Waals surface area contributed by atoms with Crippen molar-refractivity contribution < 1.29 is 19.5 Å². The van der Waals surface area contributed by atoms with Gasteiger partial charge in [0.05, 0.1) is 0 Å². The molecule has 0 aromatic rings. The van der Waals surface area contributed by atoms with Gasteiger partial charge in [-0.2, -0.15) is 0 Å². The molecule has 5 N–H and O–H groups in total. The van der Waals surface area contributed by atoms with Crippen molar-refractivity contribution in [2.75, 3.05) is 6.54 Å². The number of urea groups is 1. The molecule has 7 heteroatoms. The molecule has 0 unspecified atom stereocenters. The number of amides is 3. The molecule has 0 saturated carbocycles. The Kier molecular flexibility index (Phi) is 5.27. The van der Waals surface area contributed by atoms with E-state index in [1.54, 1.807) is 0 Å². The summed E-state index contributed by atoms with van der Waals surface area (Å²) < 4.78 is 0. The Morgan fingerprint density at radius 2 is 1.88 bits per heavy atom. The van der Waals surface area contributed by atoms with E-state index in [1.807, 2.05) is 0 Å². The van der Waals surface area contributed by atoms with Crippen LogP contribution in [-0.2, 0) is 9.59 Å². The van der Waals surface area contributed by atoms with Gasteiger partial charge in [0, 0.05) is 13.0 Å². The van der Waals surface area contributed by atoms with Crippen LogP contribution in [0.2, 0.25) is 0 Å². The Bertz CT molecular complexity index is 288. The number of rotatable bonds is 6. The Morgan fingerprint density at radius 3 is 2.31 bits per heavy atom. The van der Waals surface area contributed by atoms with Crippen LogP contribution in [-0.4, -0.2) is 35.1 Å². The van der Waals surface area contributed by atoms with E-state index in [0.29, 0.717) is 6.42 Å². The topological polar surface area (TPSA) is 122 Å². The Labute approximate surface area is 93.4 Å². The van der Waals surface area contributed by atoms with E-state index in [-0.39, 0.29) is 13.0 Å². The number of carboxylic acid groups (broad SMARTS) is 1. The molecule has 0 aromatic heterocycles. The molecular formula is C9H17N3O4. The average Bonchev–Trinajstić information content (AvgIpc) is 2.11. The van der Waals surface area contributed by atoms with Crippen LogP contribution in [0.5, 0.6) is 0 Å². The number of primary amides is 1. The first-order chi connectivity index (χ1) is 7.25. The van der Waals surface area contributed by atoms with Gasteiger partial charge >= 0.3 is 12.0 Å². The summed E-state index contributed by atoms with van der Waals surface area (Å²) in [6.07, 6.45) is 0.319. The Hall–Kier alpha value is -1.79. The van der Waals surface area contributed by atoms with Gasteiger partial charge in [0.2, 0.25) is 5.91 Å². The second-order valence-corrected chi connectivity index (χ2v) is 3.87. The summed E-state index contributed by atoms with van der Waals surface area (Å²) in [6.45, 7) is 3.19. The van der Waals surface area contributed by atoms with Crippen LogP contribution in [0.1, 0.15) is 26.7 Å². The summed E-state index contributed by atoms with van der Waals surface area (Å²) in [4.78, 5) is 32.3. The predicted molar refractivity (Wildman–Crippen MR) is 56.7 cm³/mol. The molecule has 0 rings (SSSR count). The van der Waals surface area contributed by atoms with E-state index in [2.05, 4.69) is 10.6 Å². The highest BCUT2D eigenvalue weighted by Gasteiger charge is 2.26. The number of hydrogen-bond acceptors (Lipinski definition) is 3. The van der Waals surface area contributed by atoms with Crippen molar-refractivity contribution in [1.82, 2.24) is 10.6 Å². The van der Waals surface area contributed by atoms with Crippen LogP contribution in [0.4, 0.5) is 4.79 Å². The van der Waals surface area contributed by atoms with E-state index in [1.165, 1.54) is 13.8 Å². The normalized spacial score (nSPS) is 10.6. The largest absolute Gasteiger partial charge is 0.481 e. The number of carboxylic acids is 1. The molecule has 0 aliphatic carbocycles. The fourth-order valence-corrected chi connectivity index (χ4v) is 0.831. The summed E-state index contributed by atoms with van der Waals surface area (Å²) in [7, 11) is 0. The van der Waals surface area contributed by atoms with E-state index >= 15 is 0 Å². The molecule has 7 nitrogen and oxygen atoms in total. The van der Waals surface area contributed by atoms with Crippen molar-refractivity contribution in [3.63, 3.8) is 0 Å². The third-order valence-electron chi connectivity index (χ3n) is 1.90. The summed E-state index contributed by atoms with van der Waals surface area (Å²) in [5.41, 5.74) is 3.93. The Balaban J connectivity index is 3.83. The van der Waals surface area contributed by atoms with Crippen LogP contribution < -0.4 is 16.4 Å². The smallest absolute Gasteiger partial charge is 0.315 e. The van der Waals surface area contributed by atoms with Crippen molar-refractivity contribution >= 4 is 17.9 Å². The van der Waals surface area contributed by atoms with Gasteiger partial charge in [0.15, 0.2) is 0 Å². The van der Waals surface area contributed by atoms with Crippen LogP contribution >= 0.6 is 0 Å². The fraction of sp³-hybridized carbons (Fsp3) is 0.667. The lowest BCUT2D eigenvalue weighted by molar-refractivity contribution is -0.137. The fourth-order valence-electron chi connectivity index (χ4n) is 0.831. The van der Waals surface area contributed by atoms with E-state index in [9.17, 15) is 14.4 Å². The van der Waals surface area contributed by atoms with Gasteiger partial charge in [-0.1, -0.05) is 0 Å². The number of carbonyl (C=O) groups excluding carboxylic acids is 2. The first-order valence-electron chi connectivity index (χ1n) is 4.83. The zero-order valence-corrected chi connectivity index (χ0v) is 9.37. The molecule has 0 radical (unpaired) electrons. The average molecular weight is 231 g/mol. The third-order valence-corrected chi connectivity index (χ3v) is 1.90. The van der Waals surface area contributed by atoms with Crippen molar-refractivity contribution in [1.29, 1.82) is 0 Å². The molecule has 16 heavy (non-hydrogen) atoms. The second-order valence-electron chi connectivity index (χ2n) is 3.87. The van der Waals surface area contributed by atoms with Crippen LogP contribution in [0, 0.1) is 0 Å². The van der Waals surface area contributed by atoms with Crippen molar-refractivity contribution in [3.8, 4) is 0 Å². The third kappa shape index (κ3) is 5.84. The Morgan fingerprint density at radius 1 is 1.31 bits per heavy atom. The monoisotopic (exact) mass is 231 g/mol. The van der Waals surface area contributed by atoms with E-state index in [4.69, 9.17) is 10.8 Å². The molecule has 0 spiro atoms. The number of hydrogen-bond donors (Lipinski definition) is 4. The van der Waals surface area contributed by atoms with Gasteiger partial charge in [-0.15, -0.1) is 0 Å². The van der Waals surface area contributed by atoms with E-state index < -0.39 is 23.4 Å². The lowest BCUT2D eigenvalue weighted by Crippen LogP contribution is -2.55. The molecule has 0 aliphatic rings. The van der Waals surface area contributed by atoms with E-state index in [0.717, 1.165) is 0 Å². The maximum absolute atomic E-state index is 11.2. The first kappa shape index (κ1) is 14.2. The number of carbonyl (C=O) groups is 3. The SMILES string of the molecule is CC(C)(NC(=O)NCCCC(=O)O)C(N)=O. The van der Waals surface area contributed by atoms with Gasteiger partial charge in [-0.05, 0) is 20.3 Å². The molecular weight excluding hydrogens is 214 g/mol. The highest BCUT2D eigenvalue weighted by atomic mass is 16.4. The molecule has 0 heterocycles. The summed E-state index contributed by atoms with van der Waals surface area (Å²) >= 11 is 0. The molecule has 0 atom stereocenters. The van der Waals surface area contributed by atoms with Crippen molar-refractivity contribution in [2.45, 2.75) is 32.2 Å². The summed E-state index contributed by atoms with van der Waals surface area (Å²) in [6, 6.07) is -0.547. The maximum Gasteiger partial charge on any atom is 0.315 e. The molecule has 0 saturated heterocycles. The van der Waals surface area contributed by atoms with Gasteiger partial charge in [0.25, 0.3) is 0 Å². The second kappa shape index (κ2) is 5.94. The highest BCUT2D eigenvalue weighted by molar-refractivity contribution is 5.89. The molecule has 3 amide bonds. The van der Waals surface area contributed by atoms with Crippen molar-refractivity contribution in [3.05, 3.63) is 0 Å². The van der Waals surface area contributed by atoms with Gasteiger partial charge < -0.3 is 21.5 Å². The quantitative estimate of drug-likeness (QED) is 0.456. The number of aliphatic carboxylic acids is 1. The predicted octanol–water partition coefficient (Wildman–Crippen LogP) is -0.586. The molecule has 0 bridgehead atoms. The minimum atomic E-state index is -1.13.